The van der Waals surface area contributed by atoms with Crippen LogP contribution in [0.25, 0.3) is 0 Å². The molecule has 96 valence electrons. The largest absolute Gasteiger partial charge is 0.381 e. The molecule has 0 atom stereocenters. The van der Waals surface area contributed by atoms with Gasteiger partial charge in [0.05, 0.1) is 13.5 Å². The van der Waals surface area contributed by atoms with Crippen molar-refractivity contribution >= 4 is 0 Å². The first-order valence-corrected chi connectivity index (χ1v) is 6.53. The highest BCUT2D eigenvalue weighted by Crippen LogP contribution is 2.06. The second-order valence-corrected chi connectivity index (χ2v) is 4.64. The minimum atomic E-state index is 0.250. The summed E-state index contributed by atoms with van der Waals surface area (Å²) in [7, 11) is 0. The SMILES string of the molecule is OCN1CCCCC1.OCN1CCCCC1. The maximum atomic E-state index is 8.62. The van der Waals surface area contributed by atoms with Gasteiger partial charge in [-0.15, -0.1) is 0 Å². The Kier molecular flexibility index (Phi) is 7.76. The molecule has 16 heavy (non-hydrogen) atoms. The fraction of sp³-hybridized carbons (Fsp3) is 1.00. The zero-order valence-corrected chi connectivity index (χ0v) is 10.3. The van der Waals surface area contributed by atoms with E-state index in [0.29, 0.717) is 0 Å². The third-order valence-corrected chi connectivity index (χ3v) is 3.30. The average molecular weight is 230 g/mol. The molecular formula is C12H26N2O2. The molecule has 2 saturated heterocycles. The molecule has 2 aliphatic heterocycles. The quantitative estimate of drug-likeness (QED) is 0.738. The van der Waals surface area contributed by atoms with Gasteiger partial charge in [0.2, 0.25) is 0 Å². The number of aliphatic hydroxyl groups is 2. The van der Waals surface area contributed by atoms with Crippen LogP contribution in [0.1, 0.15) is 38.5 Å². The first-order valence-electron chi connectivity index (χ1n) is 6.53. The van der Waals surface area contributed by atoms with Crippen LogP contribution in [-0.2, 0) is 0 Å². The van der Waals surface area contributed by atoms with Crippen molar-refractivity contribution in [3.8, 4) is 0 Å². The maximum absolute atomic E-state index is 8.62. The standard InChI is InChI=1S/2C6H13NO/c2*8-6-7-4-2-1-3-5-7/h2*8H,1-6H2. The van der Waals surface area contributed by atoms with Gasteiger partial charge in [-0.05, 0) is 25.7 Å². The van der Waals surface area contributed by atoms with Crippen LogP contribution < -0.4 is 0 Å². The van der Waals surface area contributed by atoms with E-state index in [9.17, 15) is 0 Å². The van der Waals surface area contributed by atoms with Crippen molar-refractivity contribution < 1.29 is 10.2 Å². The number of piperidine rings is 2. The zero-order valence-electron chi connectivity index (χ0n) is 10.3. The molecule has 2 N–H and O–H groups in total. The average Bonchev–Trinajstić information content (AvgIpc) is 2.41. The van der Waals surface area contributed by atoms with Gasteiger partial charge in [-0.3, -0.25) is 9.80 Å². The van der Waals surface area contributed by atoms with Crippen molar-refractivity contribution in [2.45, 2.75) is 38.5 Å². The molecule has 0 bridgehead atoms. The first-order chi connectivity index (χ1) is 7.86. The summed E-state index contributed by atoms with van der Waals surface area (Å²) < 4.78 is 0. The molecule has 0 aliphatic carbocycles. The Morgan fingerprint density at radius 2 is 0.875 bits per heavy atom. The van der Waals surface area contributed by atoms with Gasteiger partial charge in [0.1, 0.15) is 0 Å². The number of likely N-dealkylation sites (tertiary alicyclic amines) is 2. The van der Waals surface area contributed by atoms with Gasteiger partial charge in [0.25, 0.3) is 0 Å². The second-order valence-electron chi connectivity index (χ2n) is 4.64. The van der Waals surface area contributed by atoms with Crippen molar-refractivity contribution in [2.24, 2.45) is 0 Å². The summed E-state index contributed by atoms with van der Waals surface area (Å²) in [5, 5.41) is 17.2. The van der Waals surface area contributed by atoms with Gasteiger partial charge >= 0.3 is 0 Å². The van der Waals surface area contributed by atoms with Gasteiger partial charge in [0, 0.05) is 26.2 Å². The van der Waals surface area contributed by atoms with Gasteiger partial charge in [-0.2, -0.15) is 0 Å². The molecule has 0 amide bonds. The normalized spacial score (nSPS) is 23.6. The molecule has 2 rings (SSSR count). The van der Waals surface area contributed by atoms with E-state index in [-0.39, 0.29) is 13.5 Å². The van der Waals surface area contributed by atoms with Gasteiger partial charge in [-0.1, -0.05) is 12.8 Å². The molecule has 2 heterocycles. The zero-order chi connectivity index (χ0) is 11.6. The summed E-state index contributed by atoms with van der Waals surface area (Å²) >= 11 is 0. The Hall–Kier alpha value is -0.160. The fourth-order valence-electron chi connectivity index (χ4n) is 2.20. The van der Waals surface area contributed by atoms with Crippen molar-refractivity contribution in [3.05, 3.63) is 0 Å². The van der Waals surface area contributed by atoms with E-state index >= 15 is 0 Å². The molecule has 0 unspecified atom stereocenters. The van der Waals surface area contributed by atoms with Crippen LogP contribution in [0.3, 0.4) is 0 Å². The lowest BCUT2D eigenvalue weighted by Gasteiger charge is -2.23. The first kappa shape index (κ1) is 13.9. The second kappa shape index (κ2) is 8.93. The number of rotatable bonds is 2. The highest BCUT2D eigenvalue weighted by atomic mass is 16.3. The summed E-state index contributed by atoms with van der Waals surface area (Å²) in [4.78, 5) is 4.15. The lowest BCUT2D eigenvalue weighted by Crippen LogP contribution is -2.30. The van der Waals surface area contributed by atoms with Crippen LogP contribution in [0.5, 0.6) is 0 Å². The van der Waals surface area contributed by atoms with Crippen LogP contribution in [-0.4, -0.2) is 59.7 Å². The number of aliphatic hydroxyl groups excluding tert-OH is 2. The minimum Gasteiger partial charge on any atom is -0.381 e. The molecule has 0 aromatic rings. The van der Waals surface area contributed by atoms with Crippen molar-refractivity contribution in [1.82, 2.24) is 9.80 Å². The monoisotopic (exact) mass is 230 g/mol. The summed E-state index contributed by atoms with van der Waals surface area (Å²) in [6.45, 7) is 4.88. The van der Waals surface area contributed by atoms with Gasteiger partial charge in [0.15, 0.2) is 0 Å². The summed E-state index contributed by atoms with van der Waals surface area (Å²) in [5.74, 6) is 0. The maximum Gasteiger partial charge on any atom is 0.0956 e. The Bertz CT molecular complexity index is 137. The van der Waals surface area contributed by atoms with Crippen LogP contribution in [0.15, 0.2) is 0 Å². The van der Waals surface area contributed by atoms with Crippen LogP contribution in [0, 0.1) is 0 Å². The molecule has 4 nitrogen and oxygen atoms in total. The Labute approximate surface area is 98.9 Å². The van der Waals surface area contributed by atoms with Gasteiger partial charge < -0.3 is 10.2 Å². The fourth-order valence-corrected chi connectivity index (χ4v) is 2.20. The molecular weight excluding hydrogens is 204 g/mol. The van der Waals surface area contributed by atoms with Crippen molar-refractivity contribution in [3.63, 3.8) is 0 Å². The molecule has 0 radical (unpaired) electrons. The topological polar surface area (TPSA) is 46.9 Å². The molecule has 0 aromatic carbocycles. The van der Waals surface area contributed by atoms with E-state index < -0.39 is 0 Å². The number of hydrogen-bond acceptors (Lipinski definition) is 4. The molecule has 0 spiro atoms. The molecule has 2 fully saturated rings. The van der Waals surface area contributed by atoms with Crippen LogP contribution >= 0.6 is 0 Å². The lowest BCUT2D eigenvalue weighted by molar-refractivity contribution is 0.0895. The third kappa shape index (κ3) is 5.80. The minimum absolute atomic E-state index is 0.250. The van der Waals surface area contributed by atoms with Crippen LogP contribution in [0.4, 0.5) is 0 Å². The smallest absolute Gasteiger partial charge is 0.0956 e. The highest BCUT2D eigenvalue weighted by molar-refractivity contribution is 4.60. The Balaban J connectivity index is 0.000000160. The van der Waals surface area contributed by atoms with E-state index in [1.807, 2.05) is 0 Å². The number of nitrogens with zero attached hydrogens (tertiary/aromatic N) is 2. The Morgan fingerprint density at radius 1 is 0.562 bits per heavy atom. The van der Waals surface area contributed by atoms with Crippen LogP contribution in [0.2, 0.25) is 0 Å². The molecule has 4 heteroatoms. The van der Waals surface area contributed by atoms with Crippen molar-refractivity contribution in [1.29, 1.82) is 0 Å². The summed E-state index contributed by atoms with van der Waals surface area (Å²) in [6.07, 6.45) is 7.75. The van der Waals surface area contributed by atoms with E-state index in [1.165, 1.54) is 38.5 Å². The van der Waals surface area contributed by atoms with Gasteiger partial charge in [-0.25, -0.2) is 0 Å². The molecule has 2 aliphatic rings. The number of hydrogen-bond donors (Lipinski definition) is 2. The predicted octanol–water partition coefficient (Wildman–Crippen LogP) is 0.844. The molecule has 0 aromatic heterocycles. The third-order valence-electron chi connectivity index (χ3n) is 3.30. The summed E-state index contributed by atoms with van der Waals surface area (Å²) in [5.41, 5.74) is 0. The predicted molar refractivity (Wildman–Crippen MR) is 65.0 cm³/mol. The summed E-state index contributed by atoms with van der Waals surface area (Å²) in [6, 6.07) is 0. The highest BCUT2D eigenvalue weighted by Gasteiger charge is 2.07. The van der Waals surface area contributed by atoms with E-state index in [4.69, 9.17) is 10.2 Å². The van der Waals surface area contributed by atoms with E-state index in [1.54, 1.807) is 0 Å². The van der Waals surface area contributed by atoms with Crippen molar-refractivity contribution in [2.75, 3.05) is 39.6 Å². The Morgan fingerprint density at radius 3 is 1.06 bits per heavy atom. The van der Waals surface area contributed by atoms with E-state index in [0.717, 1.165) is 26.2 Å². The van der Waals surface area contributed by atoms with E-state index in [2.05, 4.69) is 9.80 Å². The lowest BCUT2D eigenvalue weighted by atomic mass is 10.1. The molecule has 0 saturated carbocycles.